The van der Waals surface area contributed by atoms with Gasteiger partial charge in [-0.1, -0.05) is 41.9 Å². The molecule has 5 nitrogen and oxygen atoms in total. The Hall–Kier alpha value is -3.31. The molecule has 1 aliphatic heterocycles. The van der Waals surface area contributed by atoms with Crippen molar-refractivity contribution >= 4 is 29.2 Å². The van der Waals surface area contributed by atoms with Crippen LogP contribution in [0.25, 0.3) is 11.1 Å². The summed E-state index contributed by atoms with van der Waals surface area (Å²) in [6.07, 6.45) is 2.04. The zero-order valence-corrected chi connectivity index (χ0v) is 18.4. The van der Waals surface area contributed by atoms with Crippen LogP contribution in [0.15, 0.2) is 72.8 Å². The molecule has 3 aromatic rings. The summed E-state index contributed by atoms with van der Waals surface area (Å²) >= 11 is 5.95. The molecule has 1 aliphatic rings. The first-order valence-electron chi connectivity index (χ1n) is 10.7. The molecule has 0 spiro atoms. The average molecular weight is 449 g/mol. The van der Waals surface area contributed by atoms with Crippen LogP contribution < -0.4 is 10.2 Å². The molecular weight excluding hydrogens is 424 g/mol. The number of hydrogen-bond donors (Lipinski definition) is 2. The summed E-state index contributed by atoms with van der Waals surface area (Å²) in [5.74, 6) is -0.693. The van der Waals surface area contributed by atoms with E-state index in [0.717, 1.165) is 42.7 Å². The molecule has 0 radical (unpaired) electrons. The summed E-state index contributed by atoms with van der Waals surface area (Å²) in [6.45, 7) is 2.27. The topological polar surface area (TPSA) is 69.6 Å². The SMILES string of the molecule is O=C(O)c1cccc(N2CCCC(CNC(=O)c3ccc(-c4ccc(Cl)cc4)cc3)C2)c1. The second-order valence-electron chi connectivity index (χ2n) is 8.10. The first-order valence-corrected chi connectivity index (χ1v) is 11.1. The van der Waals surface area contributed by atoms with Crippen LogP contribution in [-0.4, -0.2) is 36.6 Å². The molecule has 1 amide bonds. The Kier molecular flexibility index (Phi) is 6.76. The minimum absolute atomic E-state index is 0.0855. The van der Waals surface area contributed by atoms with Crippen LogP contribution in [0.2, 0.25) is 5.02 Å². The molecule has 3 aromatic carbocycles. The maximum absolute atomic E-state index is 12.6. The Bertz CT molecular complexity index is 1100. The number of anilines is 1. The lowest BCUT2D eigenvalue weighted by atomic mass is 9.97. The fourth-order valence-corrected chi connectivity index (χ4v) is 4.22. The number of nitrogens with zero attached hydrogens (tertiary/aromatic N) is 1. The van der Waals surface area contributed by atoms with Gasteiger partial charge in [-0.3, -0.25) is 4.79 Å². The van der Waals surface area contributed by atoms with Crippen molar-refractivity contribution in [3.8, 4) is 11.1 Å². The van der Waals surface area contributed by atoms with Crippen LogP contribution in [-0.2, 0) is 0 Å². The summed E-state index contributed by atoms with van der Waals surface area (Å²) in [7, 11) is 0. The van der Waals surface area contributed by atoms with Crippen molar-refractivity contribution in [3.05, 3.63) is 88.9 Å². The minimum atomic E-state index is -0.922. The zero-order valence-electron chi connectivity index (χ0n) is 17.6. The van der Waals surface area contributed by atoms with Gasteiger partial charge in [-0.2, -0.15) is 0 Å². The third-order valence-electron chi connectivity index (χ3n) is 5.85. The van der Waals surface area contributed by atoms with E-state index in [1.54, 1.807) is 18.2 Å². The van der Waals surface area contributed by atoms with E-state index < -0.39 is 5.97 Å². The monoisotopic (exact) mass is 448 g/mol. The Morgan fingerprint density at radius 3 is 2.34 bits per heavy atom. The van der Waals surface area contributed by atoms with Crippen LogP contribution in [0, 0.1) is 5.92 Å². The standard InChI is InChI=1S/C26H25ClN2O3/c27-23-12-10-20(11-13-23)19-6-8-21(9-7-19)25(30)28-16-18-3-2-14-29(17-18)24-5-1-4-22(15-24)26(31)32/h1,4-13,15,18H,2-3,14,16-17H2,(H,28,30)(H,31,32). The Balaban J connectivity index is 1.34. The lowest BCUT2D eigenvalue weighted by Gasteiger charge is -2.34. The molecule has 0 bridgehead atoms. The summed E-state index contributed by atoms with van der Waals surface area (Å²) in [5, 5.41) is 13.0. The van der Waals surface area contributed by atoms with Crippen LogP contribution in [0.4, 0.5) is 5.69 Å². The second-order valence-corrected chi connectivity index (χ2v) is 8.54. The number of benzene rings is 3. The van der Waals surface area contributed by atoms with Gasteiger partial charge in [0.25, 0.3) is 5.91 Å². The highest BCUT2D eigenvalue weighted by molar-refractivity contribution is 6.30. The molecule has 1 atom stereocenters. The van der Waals surface area contributed by atoms with Gasteiger partial charge in [0.2, 0.25) is 0 Å². The highest BCUT2D eigenvalue weighted by Crippen LogP contribution is 2.24. The number of carbonyl (C=O) groups excluding carboxylic acids is 1. The first-order chi connectivity index (χ1) is 15.5. The molecular formula is C26H25ClN2O3. The molecule has 4 rings (SSSR count). The van der Waals surface area contributed by atoms with E-state index in [1.807, 2.05) is 54.6 Å². The van der Waals surface area contributed by atoms with Gasteiger partial charge < -0.3 is 15.3 Å². The fraction of sp³-hybridized carbons (Fsp3) is 0.231. The summed E-state index contributed by atoms with van der Waals surface area (Å²) < 4.78 is 0. The Morgan fingerprint density at radius 2 is 1.66 bits per heavy atom. The third-order valence-corrected chi connectivity index (χ3v) is 6.11. The fourth-order valence-electron chi connectivity index (χ4n) is 4.10. The van der Waals surface area contributed by atoms with Crippen molar-refractivity contribution in [2.45, 2.75) is 12.8 Å². The van der Waals surface area contributed by atoms with Gasteiger partial charge in [0.05, 0.1) is 5.56 Å². The lowest BCUT2D eigenvalue weighted by Crippen LogP contribution is -2.41. The van der Waals surface area contributed by atoms with Gasteiger partial charge in [0, 0.05) is 35.9 Å². The number of aromatic carboxylic acids is 1. The van der Waals surface area contributed by atoms with Crippen molar-refractivity contribution < 1.29 is 14.7 Å². The quantitative estimate of drug-likeness (QED) is 0.533. The number of amides is 1. The second kappa shape index (κ2) is 9.88. The molecule has 32 heavy (non-hydrogen) atoms. The normalized spacial score (nSPS) is 15.9. The number of piperidine rings is 1. The largest absolute Gasteiger partial charge is 0.478 e. The van der Waals surface area contributed by atoms with Crippen molar-refractivity contribution in [3.63, 3.8) is 0 Å². The van der Waals surface area contributed by atoms with Crippen LogP contribution in [0.5, 0.6) is 0 Å². The van der Waals surface area contributed by atoms with Crippen molar-refractivity contribution in [1.29, 1.82) is 0 Å². The van der Waals surface area contributed by atoms with Gasteiger partial charge in [-0.15, -0.1) is 0 Å². The van der Waals surface area contributed by atoms with Gasteiger partial charge >= 0.3 is 5.97 Å². The highest BCUT2D eigenvalue weighted by atomic mass is 35.5. The summed E-state index contributed by atoms with van der Waals surface area (Å²) in [6, 6.07) is 22.2. The molecule has 1 saturated heterocycles. The third kappa shape index (κ3) is 5.29. The van der Waals surface area contributed by atoms with E-state index in [2.05, 4.69) is 10.2 Å². The number of rotatable bonds is 6. The van der Waals surface area contributed by atoms with E-state index >= 15 is 0 Å². The molecule has 0 saturated carbocycles. The summed E-state index contributed by atoms with van der Waals surface area (Å²) in [5.41, 5.74) is 3.92. The van der Waals surface area contributed by atoms with E-state index in [9.17, 15) is 14.7 Å². The molecule has 1 unspecified atom stereocenters. The molecule has 6 heteroatoms. The summed E-state index contributed by atoms with van der Waals surface area (Å²) in [4.78, 5) is 26.1. The predicted octanol–water partition coefficient (Wildman–Crippen LogP) is 5.35. The molecule has 1 heterocycles. The Labute approximate surface area is 192 Å². The smallest absolute Gasteiger partial charge is 0.335 e. The van der Waals surface area contributed by atoms with Crippen molar-refractivity contribution in [1.82, 2.24) is 5.32 Å². The van der Waals surface area contributed by atoms with Crippen LogP contribution >= 0.6 is 11.6 Å². The van der Waals surface area contributed by atoms with E-state index in [-0.39, 0.29) is 5.91 Å². The number of carboxylic acid groups (broad SMARTS) is 1. The number of carbonyl (C=O) groups is 2. The average Bonchev–Trinajstić information content (AvgIpc) is 2.83. The molecule has 0 aliphatic carbocycles. The van der Waals surface area contributed by atoms with E-state index in [0.29, 0.717) is 28.6 Å². The van der Waals surface area contributed by atoms with Crippen molar-refractivity contribution in [2.75, 3.05) is 24.5 Å². The highest BCUT2D eigenvalue weighted by Gasteiger charge is 2.21. The van der Waals surface area contributed by atoms with Crippen molar-refractivity contribution in [2.24, 2.45) is 5.92 Å². The number of nitrogens with one attached hydrogen (secondary N) is 1. The van der Waals surface area contributed by atoms with E-state index in [1.165, 1.54) is 0 Å². The van der Waals surface area contributed by atoms with Gasteiger partial charge in [0.1, 0.15) is 0 Å². The van der Waals surface area contributed by atoms with Gasteiger partial charge in [-0.05, 0) is 72.4 Å². The molecule has 1 fully saturated rings. The lowest BCUT2D eigenvalue weighted by molar-refractivity contribution is 0.0696. The maximum atomic E-state index is 12.6. The van der Waals surface area contributed by atoms with Crippen LogP contribution in [0.3, 0.4) is 0 Å². The molecule has 164 valence electrons. The first kappa shape index (κ1) is 21.9. The number of hydrogen-bond acceptors (Lipinski definition) is 3. The molecule has 2 N–H and O–H groups in total. The maximum Gasteiger partial charge on any atom is 0.335 e. The van der Waals surface area contributed by atoms with Gasteiger partial charge in [-0.25, -0.2) is 4.79 Å². The zero-order chi connectivity index (χ0) is 22.5. The predicted molar refractivity (Wildman–Crippen MR) is 128 cm³/mol. The number of carboxylic acids is 1. The van der Waals surface area contributed by atoms with Gasteiger partial charge in [0.15, 0.2) is 0 Å². The minimum Gasteiger partial charge on any atom is -0.478 e. The molecule has 0 aromatic heterocycles. The Morgan fingerprint density at radius 1 is 0.969 bits per heavy atom. The number of halogens is 1. The van der Waals surface area contributed by atoms with Crippen LogP contribution in [0.1, 0.15) is 33.6 Å². The van der Waals surface area contributed by atoms with E-state index in [4.69, 9.17) is 11.6 Å².